The first kappa shape index (κ1) is 41.4. The zero-order chi connectivity index (χ0) is 41.2. The smallest absolute Gasteiger partial charge is 0.338 e. The van der Waals surface area contributed by atoms with Gasteiger partial charge in [0.1, 0.15) is 11.5 Å². The molecule has 0 aliphatic carbocycles. The summed E-state index contributed by atoms with van der Waals surface area (Å²) < 4.78 is 33.6. The number of benzene rings is 6. The molecule has 0 bridgehead atoms. The molecule has 10 heteroatoms. The number of thioether (sulfide) groups is 1. The van der Waals surface area contributed by atoms with Crippen molar-refractivity contribution in [2.24, 2.45) is 0 Å². The van der Waals surface area contributed by atoms with Crippen LogP contribution in [0.5, 0.6) is 0 Å². The van der Waals surface area contributed by atoms with Gasteiger partial charge < -0.3 is 23.4 Å². The fourth-order valence-corrected chi connectivity index (χ4v) is 13.1. The van der Waals surface area contributed by atoms with Crippen LogP contribution in [0.1, 0.15) is 51.8 Å². The van der Waals surface area contributed by atoms with Gasteiger partial charge in [-0.1, -0.05) is 166 Å². The third kappa shape index (κ3) is 9.58. The number of rotatable bonds is 13. The predicted molar refractivity (Wildman–Crippen MR) is 231 cm³/mol. The van der Waals surface area contributed by atoms with Crippen LogP contribution in [0.15, 0.2) is 187 Å². The lowest BCUT2D eigenvalue weighted by molar-refractivity contribution is -0.206. The SMILES string of the molecule is CC(C)(C)[Si](OC[C@H]1O[C@@H](Sc2ccccc2)[C@H](OC(=O)c2ccccc2)[C@@H](OC(=O)c2ccccc2)[C@H]1OC(=O)c1ccccc1)(c1ccccc1)c1ccccc1. The topological polar surface area (TPSA) is 97.4 Å². The first-order valence-electron chi connectivity index (χ1n) is 19.5. The van der Waals surface area contributed by atoms with Crippen molar-refractivity contribution in [2.75, 3.05) is 6.61 Å². The lowest BCUT2D eigenvalue weighted by Crippen LogP contribution is -2.68. The number of carbonyl (C=O) groups is 3. The molecule has 1 aliphatic heterocycles. The maximum absolute atomic E-state index is 14.1. The molecule has 0 N–H and O–H groups in total. The lowest BCUT2D eigenvalue weighted by Gasteiger charge is -2.47. The van der Waals surface area contributed by atoms with Gasteiger partial charge in [0.15, 0.2) is 18.3 Å². The van der Waals surface area contributed by atoms with Gasteiger partial charge in [0, 0.05) is 4.90 Å². The molecule has 6 aromatic carbocycles. The van der Waals surface area contributed by atoms with Crippen LogP contribution < -0.4 is 10.4 Å². The summed E-state index contributed by atoms with van der Waals surface area (Å²) >= 11 is 1.31. The second-order valence-electron chi connectivity index (χ2n) is 15.2. The maximum atomic E-state index is 14.1. The van der Waals surface area contributed by atoms with E-state index in [9.17, 15) is 14.4 Å². The summed E-state index contributed by atoms with van der Waals surface area (Å²) in [6.07, 6.45) is -4.90. The fraction of sp³-hybridized carbons (Fsp3) is 0.204. The quantitative estimate of drug-likeness (QED) is 0.0644. The molecule has 0 saturated carbocycles. The van der Waals surface area contributed by atoms with E-state index >= 15 is 0 Å². The number of esters is 3. The Labute approximate surface area is 350 Å². The van der Waals surface area contributed by atoms with Gasteiger partial charge in [-0.15, -0.1) is 0 Å². The summed E-state index contributed by atoms with van der Waals surface area (Å²) in [7, 11) is -3.18. The van der Waals surface area contributed by atoms with Crippen LogP contribution >= 0.6 is 11.8 Å². The van der Waals surface area contributed by atoms with Gasteiger partial charge in [0.05, 0.1) is 23.3 Å². The average Bonchev–Trinajstić information content (AvgIpc) is 3.27. The summed E-state index contributed by atoms with van der Waals surface area (Å²) in [5.74, 6) is -2.01. The molecule has 0 radical (unpaired) electrons. The maximum Gasteiger partial charge on any atom is 0.338 e. The predicted octanol–water partition coefficient (Wildman–Crippen LogP) is 8.76. The van der Waals surface area contributed by atoms with Crippen LogP contribution in [0.2, 0.25) is 5.04 Å². The van der Waals surface area contributed by atoms with Crippen molar-refractivity contribution in [1.82, 2.24) is 0 Å². The molecule has 1 heterocycles. The van der Waals surface area contributed by atoms with Crippen molar-refractivity contribution in [1.29, 1.82) is 0 Å². The first-order valence-corrected chi connectivity index (χ1v) is 22.3. The summed E-state index contributed by atoms with van der Waals surface area (Å²) in [6.45, 7) is 6.45. The van der Waals surface area contributed by atoms with Gasteiger partial charge in [-0.3, -0.25) is 0 Å². The number of hydrogen-bond acceptors (Lipinski definition) is 9. The molecule has 300 valence electrons. The minimum atomic E-state index is -3.18. The Bertz CT molecular complexity index is 2240. The van der Waals surface area contributed by atoms with E-state index in [4.69, 9.17) is 23.4 Å². The number of carbonyl (C=O) groups excluding carboxylic acids is 3. The van der Waals surface area contributed by atoms with Crippen molar-refractivity contribution in [3.8, 4) is 0 Å². The molecule has 1 fully saturated rings. The first-order chi connectivity index (χ1) is 28.6. The molecular weight excluding hydrogens is 777 g/mol. The van der Waals surface area contributed by atoms with E-state index in [-0.39, 0.29) is 17.7 Å². The van der Waals surface area contributed by atoms with Crippen molar-refractivity contribution >= 4 is 48.4 Å². The third-order valence-electron chi connectivity index (χ3n) is 10.2. The molecule has 8 nitrogen and oxygen atoms in total. The highest BCUT2D eigenvalue weighted by atomic mass is 32.2. The molecule has 1 aliphatic rings. The molecule has 7 rings (SSSR count). The minimum Gasteiger partial charge on any atom is -0.452 e. The molecule has 0 amide bonds. The Morgan fingerprint density at radius 1 is 0.508 bits per heavy atom. The minimum absolute atomic E-state index is 0.0649. The van der Waals surface area contributed by atoms with E-state index in [1.54, 1.807) is 91.0 Å². The fourth-order valence-electron chi connectivity index (χ4n) is 7.41. The second kappa shape index (κ2) is 18.9. The summed E-state index contributed by atoms with van der Waals surface area (Å²) in [6, 6.07) is 55.6. The molecule has 0 spiro atoms. The Kier molecular flexibility index (Phi) is 13.2. The van der Waals surface area contributed by atoms with Crippen LogP contribution in [0.4, 0.5) is 0 Å². The van der Waals surface area contributed by atoms with Crippen LogP contribution in [-0.2, 0) is 23.4 Å². The third-order valence-corrected chi connectivity index (χ3v) is 16.4. The van der Waals surface area contributed by atoms with Crippen molar-refractivity contribution in [3.63, 3.8) is 0 Å². The highest BCUT2D eigenvalue weighted by Crippen LogP contribution is 2.41. The van der Waals surface area contributed by atoms with Gasteiger partial charge in [-0.2, -0.15) is 0 Å². The van der Waals surface area contributed by atoms with E-state index < -0.39 is 61.1 Å². The van der Waals surface area contributed by atoms with Crippen LogP contribution in [0, 0.1) is 0 Å². The van der Waals surface area contributed by atoms with E-state index in [1.165, 1.54) is 11.8 Å². The van der Waals surface area contributed by atoms with Crippen LogP contribution in [-0.4, -0.2) is 62.7 Å². The molecule has 1 saturated heterocycles. The van der Waals surface area contributed by atoms with Crippen molar-refractivity contribution in [2.45, 2.75) is 60.6 Å². The van der Waals surface area contributed by atoms with E-state index in [2.05, 4.69) is 45.0 Å². The second-order valence-corrected chi connectivity index (χ2v) is 20.6. The van der Waals surface area contributed by atoms with Crippen molar-refractivity contribution < 1.29 is 37.8 Å². The van der Waals surface area contributed by atoms with E-state index in [0.717, 1.165) is 15.3 Å². The van der Waals surface area contributed by atoms with Gasteiger partial charge in [0.25, 0.3) is 8.32 Å². The average molecular weight is 823 g/mol. The Balaban J connectivity index is 1.36. The zero-order valence-corrected chi connectivity index (χ0v) is 34.9. The lowest BCUT2D eigenvalue weighted by atomic mass is 9.98. The Morgan fingerprint density at radius 3 is 1.27 bits per heavy atom. The molecule has 5 atom stereocenters. The Morgan fingerprint density at radius 2 is 0.864 bits per heavy atom. The van der Waals surface area contributed by atoms with Crippen LogP contribution in [0.3, 0.4) is 0 Å². The highest BCUT2D eigenvalue weighted by Gasteiger charge is 2.56. The van der Waals surface area contributed by atoms with Gasteiger partial charge in [-0.05, 0) is 63.9 Å². The summed E-state index contributed by atoms with van der Waals surface area (Å²) in [4.78, 5) is 43.0. The summed E-state index contributed by atoms with van der Waals surface area (Å²) in [5.41, 5.74) is -0.101. The number of ether oxygens (including phenoxy) is 4. The zero-order valence-electron chi connectivity index (χ0n) is 33.1. The van der Waals surface area contributed by atoms with Gasteiger partial charge >= 0.3 is 17.9 Å². The highest BCUT2D eigenvalue weighted by molar-refractivity contribution is 7.99. The Hall–Kier alpha value is -5.78. The largest absolute Gasteiger partial charge is 0.452 e. The monoisotopic (exact) mass is 822 g/mol. The number of hydrogen-bond donors (Lipinski definition) is 0. The molecule has 6 aromatic rings. The van der Waals surface area contributed by atoms with Gasteiger partial charge in [-0.25, -0.2) is 14.4 Å². The van der Waals surface area contributed by atoms with Crippen molar-refractivity contribution in [3.05, 3.63) is 199 Å². The molecule has 59 heavy (non-hydrogen) atoms. The molecule has 0 aromatic heterocycles. The standard InChI is InChI=1S/C49H46O8SSi/c1-49(2,3)59(39-30-18-8-19-31-39,40-32-20-9-21-33-40)53-34-41-42(55-45(50)35-22-10-4-11-23-35)43(56-46(51)36-24-12-5-13-25-36)44(57-47(52)37-26-14-6-15-27-37)48(54-41)58-38-28-16-7-17-29-38/h4-33,41-44,48H,34H2,1-3H3/t41-,42+,43+,44-,48+/m1/s1. The van der Waals surface area contributed by atoms with E-state index in [1.807, 2.05) is 66.7 Å². The molecule has 0 unspecified atom stereocenters. The molecular formula is C49H46O8SSi. The van der Waals surface area contributed by atoms with E-state index in [0.29, 0.717) is 5.56 Å². The van der Waals surface area contributed by atoms with Crippen LogP contribution in [0.25, 0.3) is 0 Å². The van der Waals surface area contributed by atoms with Gasteiger partial charge in [0.2, 0.25) is 0 Å². The summed E-state index contributed by atoms with van der Waals surface area (Å²) in [5, 5.41) is 1.69. The normalized spacial score (nSPS) is 19.3.